The van der Waals surface area contributed by atoms with Gasteiger partial charge in [0, 0.05) is 29.8 Å². The van der Waals surface area contributed by atoms with Gasteiger partial charge in [0.1, 0.15) is 11.6 Å². The number of halogens is 4. The average Bonchev–Trinajstić information content (AvgIpc) is 2.86. The van der Waals surface area contributed by atoms with Crippen LogP contribution in [-0.4, -0.2) is 39.9 Å². The fourth-order valence-corrected chi connectivity index (χ4v) is 4.19. The Morgan fingerprint density at radius 1 is 1.00 bits per heavy atom. The Kier molecular flexibility index (Phi) is 9.71. The van der Waals surface area contributed by atoms with E-state index in [9.17, 15) is 37.7 Å². The van der Waals surface area contributed by atoms with Crippen LogP contribution in [0.4, 0.5) is 17.6 Å². The Hall–Kier alpha value is -3.47. The van der Waals surface area contributed by atoms with Gasteiger partial charge in [-0.3, -0.25) is 4.79 Å². The zero-order valence-electron chi connectivity index (χ0n) is 21.6. The summed E-state index contributed by atoms with van der Waals surface area (Å²) in [4.78, 5) is 12.6. The van der Waals surface area contributed by atoms with Gasteiger partial charge in [0.05, 0.1) is 18.3 Å². The summed E-state index contributed by atoms with van der Waals surface area (Å²) in [7, 11) is 0. The molecule has 0 aliphatic rings. The summed E-state index contributed by atoms with van der Waals surface area (Å²) in [5, 5.41) is 35.6. The molecule has 0 unspecified atom stereocenters. The highest BCUT2D eigenvalue weighted by molar-refractivity contribution is 5.94. The van der Waals surface area contributed by atoms with Gasteiger partial charge >= 0.3 is 6.18 Å². The quantitative estimate of drug-likeness (QED) is 0.225. The van der Waals surface area contributed by atoms with Gasteiger partial charge in [-0.1, -0.05) is 24.3 Å². The molecule has 0 heterocycles. The fraction of sp³-hybridized carbons (Fsp3) is 0.345. The molecular weight excluding hydrogens is 516 g/mol. The summed E-state index contributed by atoms with van der Waals surface area (Å²) in [5.41, 5.74) is 0.707. The van der Waals surface area contributed by atoms with E-state index in [-0.39, 0.29) is 37.8 Å². The van der Waals surface area contributed by atoms with Gasteiger partial charge in [0.2, 0.25) is 0 Å². The molecule has 3 aromatic carbocycles. The normalized spacial score (nSPS) is 12.8. The van der Waals surface area contributed by atoms with Crippen molar-refractivity contribution in [2.75, 3.05) is 13.1 Å². The Morgan fingerprint density at radius 3 is 2.41 bits per heavy atom. The maximum atomic E-state index is 13.8. The first kappa shape index (κ1) is 30.1. The second kappa shape index (κ2) is 12.6. The minimum atomic E-state index is -4.76. The van der Waals surface area contributed by atoms with E-state index in [0.717, 1.165) is 11.6 Å². The highest BCUT2D eigenvalue weighted by Gasteiger charge is 2.33. The van der Waals surface area contributed by atoms with Crippen molar-refractivity contribution in [1.29, 1.82) is 0 Å². The van der Waals surface area contributed by atoms with Crippen LogP contribution in [0, 0.1) is 5.82 Å². The summed E-state index contributed by atoms with van der Waals surface area (Å²) in [5.74, 6) is -1.75. The molecule has 0 aromatic heterocycles. The lowest BCUT2D eigenvalue weighted by Gasteiger charge is -2.28. The van der Waals surface area contributed by atoms with E-state index in [2.05, 4.69) is 10.6 Å². The SMILES string of the molecule is CC(C)(Cc1cccc(C(=O)NCCc2ccc(C(F)(F)F)c(F)c2)c1)NC[C@@H](O)c1ccc(O)c(CO)c1. The average molecular weight is 549 g/mol. The lowest BCUT2D eigenvalue weighted by atomic mass is 9.93. The standard InChI is InChI=1S/C29H32F4N2O4/c1-28(2,35-16-26(38)20-7-9-25(37)22(14-20)17-36)15-19-4-3-5-21(12-19)27(39)34-11-10-18-6-8-23(24(30)13-18)29(31,32)33/h3-9,12-14,26,35-38H,10-11,15-17H2,1-2H3,(H,34,39)/t26-/m1/s1. The first-order chi connectivity index (χ1) is 18.3. The largest absolute Gasteiger partial charge is 0.508 e. The van der Waals surface area contributed by atoms with Gasteiger partial charge in [0.15, 0.2) is 0 Å². The number of carbonyl (C=O) groups excluding carboxylic acids is 1. The number of aromatic hydroxyl groups is 1. The third kappa shape index (κ3) is 8.51. The molecule has 1 amide bonds. The minimum Gasteiger partial charge on any atom is -0.508 e. The number of nitrogens with one attached hydrogen (secondary N) is 2. The zero-order valence-corrected chi connectivity index (χ0v) is 21.6. The van der Waals surface area contributed by atoms with Crippen LogP contribution in [0.3, 0.4) is 0 Å². The summed E-state index contributed by atoms with van der Waals surface area (Å²) < 4.78 is 51.9. The van der Waals surface area contributed by atoms with Crippen molar-refractivity contribution in [3.63, 3.8) is 0 Å². The van der Waals surface area contributed by atoms with Crippen LogP contribution in [0.1, 0.15) is 58.1 Å². The Bertz CT molecular complexity index is 1290. The van der Waals surface area contributed by atoms with E-state index in [1.54, 1.807) is 30.3 Å². The number of benzene rings is 3. The monoisotopic (exact) mass is 548 g/mol. The zero-order chi connectivity index (χ0) is 28.8. The maximum Gasteiger partial charge on any atom is 0.419 e. The molecule has 5 N–H and O–H groups in total. The van der Waals surface area contributed by atoms with Gasteiger partial charge in [-0.2, -0.15) is 13.2 Å². The highest BCUT2D eigenvalue weighted by atomic mass is 19.4. The molecule has 0 saturated carbocycles. The molecule has 0 fully saturated rings. The van der Waals surface area contributed by atoms with Gasteiger partial charge in [0.25, 0.3) is 5.91 Å². The summed E-state index contributed by atoms with van der Waals surface area (Å²) in [6, 6.07) is 14.3. The van der Waals surface area contributed by atoms with E-state index < -0.39 is 29.2 Å². The molecular formula is C29H32F4N2O4. The van der Waals surface area contributed by atoms with E-state index >= 15 is 0 Å². The minimum absolute atomic E-state index is 0.0425. The number of aliphatic hydroxyl groups is 2. The van der Waals surface area contributed by atoms with Gasteiger partial charge in [-0.05, 0) is 79.8 Å². The van der Waals surface area contributed by atoms with Crippen LogP contribution in [-0.2, 0) is 25.6 Å². The topological polar surface area (TPSA) is 102 Å². The Labute approximate surface area is 224 Å². The molecule has 0 radical (unpaired) electrons. The number of amides is 1. The number of carbonyl (C=O) groups is 1. The van der Waals surface area contributed by atoms with Crippen LogP contribution in [0.2, 0.25) is 0 Å². The number of phenols is 1. The van der Waals surface area contributed by atoms with E-state index in [1.807, 2.05) is 19.9 Å². The molecule has 0 aliphatic heterocycles. The van der Waals surface area contributed by atoms with Gasteiger partial charge < -0.3 is 26.0 Å². The van der Waals surface area contributed by atoms with Crippen molar-refractivity contribution in [2.24, 2.45) is 0 Å². The van der Waals surface area contributed by atoms with E-state index in [4.69, 9.17) is 0 Å². The predicted octanol–water partition coefficient (Wildman–Crippen LogP) is 4.66. The summed E-state index contributed by atoms with van der Waals surface area (Å²) >= 11 is 0. The van der Waals surface area contributed by atoms with Crippen molar-refractivity contribution >= 4 is 5.91 Å². The first-order valence-electron chi connectivity index (χ1n) is 12.4. The fourth-order valence-electron chi connectivity index (χ4n) is 4.19. The number of rotatable bonds is 11. The molecule has 0 spiro atoms. The third-order valence-corrected chi connectivity index (χ3v) is 6.31. The number of hydrogen-bond acceptors (Lipinski definition) is 5. The Balaban J connectivity index is 1.54. The number of β-amino-alcohol motifs (C(OH)–C–C–N with tert-alkyl or cyclic N) is 1. The summed E-state index contributed by atoms with van der Waals surface area (Å²) in [6.07, 6.45) is -4.93. The molecule has 0 saturated heterocycles. The third-order valence-electron chi connectivity index (χ3n) is 6.31. The van der Waals surface area contributed by atoms with E-state index in [0.29, 0.717) is 34.7 Å². The van der Waals surface area contributed by atoms with Crippen LogP contribution in [0.15, 0.2) is 60.7 Å². The second-order valence-electron chi connectivity index (χ2n) is 10.0. The molecule has 10 heteroatoms. The van der Waals surface area contributed by atoms with Crippen molar-refractivity contribution in [1.82, 2.24) is 10.6 Å². The smallest absolute Gasteiger partial charge is 0.419 e. The molecule has 1 atom stereocenters. The molecule has 6 nitrogen and oxygen atoms in total. The molecule has 3 rings (SSSR count). The van der Waals surface area contributed by atoms with Crippen molar-refractivity contribution in [3.8, 4) is 5.75 Å². The molecule has 0 bridgehead atoms. The second-order valence-corrected chi connectivity index (χ2v) is 10.0. The lowest BCUT2D eigenvalue weighted by Crippen LogP contribution is -2.43. The maximum absolute atomic E-state index is 13.8. The van der Waals surface area contributed by atoms with Crippen LogP contribution < -0.4 is 10.6 Å². The van der Waals surface area contributed by atoms with Crippen LogP contribution >= 0.6 is 0 Å². The number of alkyl halides is 3. The van der Waals surface area contributed by atoms with Gasteiger partial charge in [-0.25, -0.2) is 4.39 Å². The van der Waals surface area contributed by atoms with Crippen LogP contribution in [0.25, 0.3) is 0 Å². The van der Waals surface area contributed by atoms with Gasteiger partial charge in [-0.15, -0.1) is 0 Å². The molecule has 0 aliphatic carbocycles. The summed E-state index contributed by atoms with van der Waals surface area (Å²) in [6.45, 7) is 3.89. The molecule has 39 heavy (non-hydrogen) atoms. The highest BCUT2D eigenvalue weighted by Crippen LogP contribution is 2.31. The molecule has 210 valence electrons. The van der Waals surface area contributed by atoms with Crippen LogP contribution in [0.5, 0.6) is 5.75 Å². The first-order valence-corrected chi connectivity index (χ1v) is 12.4. The Morgan fingerprint density at radius 2 is 1.74 bits per heavy atom. The predicted molar refractivity (Wildman–Crippen MR) is 139 cm³/mol. The lowest BCUT2D eigenvalue weighted by molar-refractivity contribution is -0.140. The molecule has 3 aromatic rings. The number of hydrogen-bond donors (Lipinski definition) is 5. The van der Waals surface area contributed by atoms with E-state index in [1.165, 1.54) is 12.1 Å². The van der Waals surface area contributed by atoms with Crippen molar-refractivity contribution in [2.45, 2.75) is 51.1 Å². The number of aliphatic hydroxyl groups excluding tert-OH is 2. The van der Waals surface area contributed by atoms with Crippen molar-refractivity contribution in [3.05, 3.63) is 99.9 Å². The van der Waals surface area contributed by atoms with Crippen molar-refractivity contribution < 1.29 is 37.7 Å².